The summed E-state index contributed by atoms with van der Waals surface area (Å²) in [6, 6.07) is 5.87. The van der Waals surface area contributed by atoms with Gasteiger partial charge in [0.2, 0.25) is 0 Å². The maximum absolute atomic E-state index is 12.1. The van der Waals surface area contributed by atoms with Gasteiger partial charge in [-0.2, -0.15) is 0 Å². The van der Waals surface area contributed by atoms with Crippen LogP contribution in [0.4, 0.5) is 0 Å². The van der Waals surface area contributed by atoms with E-state index in [1.807, 2.05) is 25.1 Å². The number of Topliss-reactive ketones (excluding diaryl/α,β-unsaturated/α-hetero) is 1. The monoisotopic (exact) mass is 232 g/mol. The molecule has 1 aromatic carbocycles. The number of rotatable bonds is 7. The Morgan fingerprint density at radius 1 is 1.35 bits per heavy atom. The van der Waals surface area contributed by atoms with Gasteiger partial charge in [0.25, 0.3) is 0 Å². The minimum absolute atomic E-state index is 0. The molecule has 0 unspecified atom stereocenters. The zero-order chi connectivity index (χ0) is 12.7. The first-order valence-electron chi connectivity index (χ1n) is 6.46. The molecule has 17 heavy (non-hydrogen) atoms. The predicted octanol–water partition coefficient (Wildman–Crippen LogP) is 5.04. The summed E-state index contributed by atoms with van der Waals surface area (Å²) >= 11 is 0. The lowest BCUT2D eigenvalue weighted by Gasteiger charge is -2.08. The third-order valence-electron chi connectivity index (χ3n) is 3.09. The molecule has 94 valence electrons. The van der Waals surface area contributed by atoms with Gasteiger partial charge in [-0.25, -0.2) is 0 Å². The molecule has 0 saturated heterocycles. The maximum atomic E-state index is 12.1. The maximum Gasteiger partial charge on any atom is 0.163 e. The fourth-order valence-corrected chi connectivity index (χ4v) is 2.04. The average Bonchev–Trinajstić information content (AvgIpc) is 2.34. The molecule has 0 atom stereocenters. The third kappa shape index (κ3) is 3.85. The van der Waals surface area contributed by atoms with E-state index in [2.05, 4.69) is 13.5 Å². The largest absolute Gasteiger partial charge is 0.294 e. The Bertz CT molecular complexity index is 396. The zero-order valence-corrected chi connectivity index (χ0v) is 11.0. The van der Waals surface area contributed by atoms with Gasteiger partial charge in [-0.05, 0) is 24.5 Å². The van der Waals surface area contributed by atoms with Crippen molar-refractivity contribution in [2.45, 2.75) is 46.0 Å². The second kappa shape index (κ2) is 7.05. The Labute approximate surface area is 106 Å². The summed E-state index contributed by atoms with van der Waals surface area (Å²) in [5, 5.41) is 0. The number of benzene rings is 1. The van der Waals surface area contributed by atoms with E-state index >= 15 is 0 Å². The van der Waals surface area contributed by atoms with Gasteiger partial charge >= 0.3 is 0 Å². The molecule has 0 aliphatic carbocycles. The van der Waals surface area contributed by atoms with Crippen molar-refractivity contribution in [1.29, 1.82) is 0 Å². The number of hydrogen-bond donors (Lipinski definition) is 0. The Balaban J connectivity index is 0.00000289. The van der Waals surface area contributed by atoms with Gasteiger partial charge < -0.3 is 0 Å². The quantitative estimate of drug-likeness (QED) is 0.475. The average molecular weight is 232 g/mol. The normalized spacial score (nSPS) is 10.2. The van der Waals surface area contributed by atoms with Crippen LogP contribution in [0.1, 0.15) is 61.9 Å². The third-order valence-corrected chi connectivity index (χ3v) is 3.09. The van der Waals surface area contributed by atoms with Crippen molar-refractivity contribution in [3.8, 4) is 0 Å². The fourth-order valence-electron chi connectivity index (χ4n) is 2.04. The molecule has 0 saturated carbocycles. The summed E-state index contributed by atoms with van der Waals surface area (Å²) in [7, 11) is 0. The van der Waals surface area contributed by atoms with E-state index in [0.717, 1.165) is 29.5 Å². The summed E-state index contributed by atoms with van der Waals surface area (Å²) in [5.74, 6) is 0.250. The van der Waals surface area contributed by atoms with E-state index in [4.69, 9.17) is 0 Å². The number of carbonyl (C=O) groups excluding carboxylic acids is 1. The van der Waals surface area contributed by atoms with Crippen molar-refractivity contribution in [3.63, 3.8) is 0 Å². The molecular weight excluding hydrogens is 208 g/mol. The van der Waals surface area contributed by atoms with Gasteiger partial charge in [0.05, 0.1) is 0 Å². The summed E-state index contributed by atoms with van der Waals surface area (Å²) < 4.78 is 0. The van der Waals surface area contributed by atoms with E-state index in [9.17, 15) is 4.79 Å². The summed E-state index contributed by atoms with van der Waals surface area (Å²) in [6.45, 7) is 7.99. The molecule has 1 nitrogen and oxygen atoms in total. The SMILES string of the molecule is C=Cc1c(C)cccc1C(=O)CCCCCC.[HH]. The first-order chi connectivity index (χ1) is 8.20. The van der Waals surface area contributed by atoms with Crippen molar-refractivity contribution in [2.24, 2.45) is 0 Å². The Hall–Kier alpha value is -1.37. The number of ketones is 1. The number of carbonyl (C=O) groups is 1. The standard InChI is InChI=1S/C16H22O.H2/c1-4-6-7-8-12-16(17)15-11-9-10-13(3)14(15)5-2;/h5,9-11H,2,4,6-8,12H2,1,3H3;1H. The van der Waals surface area contributed by atoms with Crippen molar-refractivity contribution in [2.75, 3.05) is 0 Å². The summed E-state index contributed by atoms with van der Waals surface area (Å²) in [4.78, 5) is 12.1. The number of hydrogen-bond acceptors (Lipinski definition) is 1. The molecule has 1 aromatic rings. The van der Waals surface area contributed by atoms with E-state index in [1.54, 1.807) is 6.08 Å². The molecule has 0 bridgehead atoms. The summed E-state index contributed by atoms with van der Waals surface area (Å²) in [5.41, 5.74) is 2.95. The smallest absolute Gasteiger partial charge is 0.163 e. The highest BCUT2D eigenvalue weighted by molar-refractivity contribution is 5.99. The van der Waals surface area contributed by atoms with E-state index in [-0.39, 0.29) is 7.21 Å². The van der Waals surface area contributed by atoms with Crippen LogP contribution in [0.25, 0.3) is 6.08 Å². The number of unbranched alkanes of at least 4 members (excludes halogenated alkanes) is 3. The Morgan fingerprint density at radius 2 is 2.12 bits per heavy atom. The highest BCUT2D eigenvalue weighted by Gasteiger charge is 2.10. The van der Waals surface area contributed by atoms with Gasteiger partial charge in [-0.15, -0.1) is 0 Å². The molecule has 0 heterocycles. The molecule has 0 N–H and O–H groups in total. The summed E-state index contributed by atoms with van der Waals surface area (Å²) in [6.07, 6.45) is 7.01. The molecule has 0 amide bonds. The highest BCUT2D eigenvalue weighted by atomic mass is 16.1. The molecule has 0 aliphatic heterocycles. The number of aryl methyl sites for hydroxylation is 1. The van der Waals surface area contributed by atoms with Crippen LogP contribution in [-0.2, 0) is 0 Å². The topological polar surface area (TPSA) is 17.1 Å². The van der Waals surface area contributed by atoms with Crippen molar-refractivity contribution < 1.29 is 6.22 Å². The second-order valence-corrected chi connectivity index (χ2v) is 4.47. The van der Waals surface area contributed by atoms with Crippen LogP contribution in [0.5, 0.6) is 0 Å². The van der Waals surface area contributed by atoms with Crippen LogP contribution in [0.15, 0.2) is 24.8 Å². The molecule has 1 rings (SSSR count). The van der Waals surface area contributed by atoms with Gasteiger partial charge in [-0.3, -0.25) is 4.79 Å². The minimum atomic E-state index is 0. The molecule has 0 spiro atoms. The van der Waals surface area contributed by atoms with Gasteiger partial charge in [0.15, 0.2) is 5.78 Å². The van der Waals surface area contributed by atoms with E-state index in [1.165, 1.54) is 12.8 Å². The molecular formula is C16H24O. The zero-order valence-electron chi connectivity index (χ0n) is 11.0. The second-order valence-electron chi connectivity index (χ2n) is 4.47. The van der Waals surface area contributed by atoms with Crippen LogP contribution in [-0.4, -0.2) is 5.78 Å². The van der Waals surface area contributed by atoms with Gasteiger partial charge in [0, 0.05) is 13.4 Å². The van der Waals surface area contributed by atoms with Crippen LogP contribution < -0.4 is 0 Å². The molecule has 0 radical (unpaired) electrons. The molecule has 0 aromatic heterocycles. The molecule has 0 fully saturated rings. The van der Waals surface area contributed by atoms with Crippen molar-refractivity contribution in [1.82, 2.24) is 0 Å². The van der Waals surface area contributed by atoms with Crippen molar-refractivity contribution in [3.05, 3.63) is 41.5 Å². The highest BCUT2D eigenvalue weighted by Crippen LogP contribution is 2.18. The van der Waals surface area contributed by atoms with Gasteiger partial charge in [-0.1, -0.05) is 57.0 Å². The Kier molecular flexibility index (Phi) is 5.68. The first-order valence-corrected chi connectivity index (χ1v) is 6.46. The van der Waals surface area contributed by atoms with Crippen LogP contribution in [0, 0.1) is 6.92 Å². The molecule has 1 heteroatoms. The fraction of sp³-hybridized carbons (Fsp3) is 0.438. The first kappa shape index (κ1) is 13.7. The molecule has 0 aliphatic rings. The van der Waals surface area contributed by atoms with E-state index in [0.29, 0.717) is 6.42 Å². The van der Waals surface area contributed by atoms with Gasteiger partial charge in [0.1, 0.15) is 0 Å². The van der Waals surface area contributed by atoms with E-state index < -0.39 is 0 Å². The van der Waals surface area contributed by atoms with Crippen molar-refractivity contribution >= 4 is 11.9 Å². The lowest BCUT2D eigenvalue weighted by Crippen LogP contribution is -2.02. The predicted molar refractivity (Wildman–Crippen MR) is 76.5 cm³/mol. The lowest BCUT2D eigenvalue weighted by atomic mass is 9.96. The van der Waals surface area contributed by atoms with Crippen LogP contribution in [0.2, 0.25) is 0 Å². The lowest BCUT2D eigenvalue weighted by molar-refractivity contribution is 0.0979. The van der Waals surface area contributed by atoms with Crippen LogP contribution >= 0.6 is 0 Å². The minimum Gasteiger partial charge on any atom is -0.294 e. The van der Waals surface area contributed by atoms with Crippen LogP contribution in [0.3, 0.4) is 0 Å². The Morgan fingerprint density at radius 3 is 2.76 bits per heavy atom.